The number of alkyl halides is 1. The van der Waals surface area contributed by atoms with E-state index in [-0.39, 0.29) is 5.78 Å². The summed E-state index contributed by atoms with van der Waals surface area (Å²) >= 11 is 0. The number of halogens is 1. The average Bonchev–Trinajstić information content (AvgIpc) is 2.03. The van der Waals surface area contributed by atoms with Crippen molar-refractivity contribution < 1.29 is 9.18 Å². The standard InChI is InChI=1S/C11H13FO/c1-8(12)6-10-4-3-5-11(7-10)9(2)13/h3-5,7-8H,6H2,1-2H3. The minimum Gasteiger partial charge on any atom is -0.295 e. The van der Waals surface area contributed by atoms with E-state index >= 15 is 0 Å². The summed E-state index contributed by atoms with van der Waals surface area (Å²) in [7, 11) is 0. The third-order valence-electron chi connectivity index (χ3n) is 1.85. The molecule has 0 N–H and O–H groups in total. The molecular weight excluding hydrogens is 167 g/mol. The van der Waals surface area contributed by atoms with Gasteiger partial charge in [-0.05, 0) is 25.5 Å². The van der Waals surface area contributed by atoms with Crippen LogP contribution in [0, 0.1) is 0 Å². The number of rotatable bonds is 3. The Kier molecular flexibility index (Phi) is 3.18. The molecule has 0 aliphatic heterocycles. The lowest BCUT2D eigenvalue weighted by Gasteiger charge is -2.03. The second kappa shape index (κ2) is 4.17. The van der Waals surface area contributed by atoms with Crippen LogP contribution < -0.4 is 0 Å². The highest BCUT2D eigenvalue weighted by Gasteiger charge is 2.03. The molecule has 2 heteroatoms. The zero-order valence-electron chi connectivity index (χ0n) is 7.88. The predicted molar refractivity (Wildman–Crippen MR) is 50.7 cm³/mol. The van der Waals surface area contributed by atoms with Gasteiger partial charge < -0.3 is 0 Å². The van der Waals surface area contributed by atoms with Gasteiger partial charge in [0.05, 0.1) is 0 Å². The predicted octanol–water partition coefficient (Wildman–Crippen LogP) is 2.79. The summed E-state index contributed by atoms with van der Waals surface area (Å²) in [6.07, 6.45) is -0.483. The number of ketones is 1. The summed E-state index contributed by atoms with van der Waals surface area (Å²) in [6.45, 7) is 3.03. The maximum absolute atomic E-state index is 12.6. The monoisotopic (exact) mass is 180 g/mol. The Balaban J connectivity index is 2.85. The lowest BCUT2D eigenvalue weighted by atomic mass is 10.0. The number of carbonyl (C=O) groups is 1. The molecule has 13 heavy (non-hydrogen) atoms. The van der Waals surface area contributed by atoms with Gasteiger partial charge in [-0.15, -0.1) is 0 Å². The van der Waals surface area contributed by atoms with E-state index in [1.807, 2.05) is 6.07 Å². The van der Waals surface area contributed by atoms with Crippen molar-refractivity contribution in [2.45, 2.75) is 26.4 Å². The van der Waals surface area contributed by atoms with Crippen molar-refractivity contribution in [1.82, 2.24) is 0 Å². The van der Waals surface area contributed by atoms with E-state index in [1.54, 1.807) is 18.2 Å². The minimum absolute atomic E-state index is 0.0216. The van der Waals surface area contributed by atoms with Crippen LogP contribution in [-0.2, 0) is 6.42 Å². The average molecular weight is 180 g/mol. The van der Waals surface area contributed by atoms with Crippen molar-refractivity contribution in [1.29, 1.82) is 0 Å². The Morgan fingerprint density at radius 1 is 1.54 bits per heavy atom. The molecule has 70 valence electrons. The topological polar surface area (TPSA) is 17.1 Å². The van der Waals surface area contributed by atoms with E-state index in [4.69, 9.17) is 0 Å². The molecule has 0 aliphatic rings. The van der Waals surface area contributed by atoms with Crippen LogP contribution in [0.4, 0.5) is 4.39 Å². The SMILES string of the molecule is CC(=O)c1cccc(CC(C)F)c1. The molecule has 1 unspecified atom stereocenters. The van der Waals surface area contributed by atoms with Crippen LogP contribution in [0.5, 0.6) is 0 Å². The van der Waals surface area contributed by atoms with Gasteiger partial charge in [-0.3, -0.25) is 4.79 Å². The Hall–Kier alpha value is -1.18. The molecule has 0 radical (unpaired) electrons. The number of benzene rings is 1. The molecule has 1 aromatic carbocycles. The molecule has 0 saturated carbocycles. The van der Waals surface area contributed by atoms with Gasteiger partial charge in [-0.25, -0.2) is 4.39 Å². The van der Waals surface area contributed by atoms with Gasteiger partial charge in [0.2, 0.25) is 0 Å². The fourth-order valence-electron chi connectivity index (χ4n) is 1.24. The summed E-state index contributed by atoms with van der Waals surface area (Å²) in [5, 5.41) is 0. The van der Waals surface area contributed by atoms with Gasteiger partial charge in [0.1, 0.15) is 6.17 Å². The fraction of sp³-hybridized carbons (Fsp3) is 0.364. The molecule has 0 spiro atoms. The van der Waals surface area contributed by atoms with Crippen molar-refractivity contribution in [3.8, 4) is 0 Å². The molecule has 0 aliphatic carbocycles. The minimum atomic E-state index is -0.859. The highest BCUT2D eigenvalue weighted by molar-refractivity contribution is 5.94. The number of carbonyl (C=O) groups excluding carboxylic acids is 1. The maximum atomic E-state index is 12.6. The largest absolute Gasteiger partial charge is 0.295 e. The van der Waals surface area contributed by atoms with E-state index in [0.717, 1.165) is 5.56 Å². The van der Waals surface area contributed by atoms with Crippen LogP contribution in [-0.4, -0.2) is 12.0 Å². The Morgan fingerprint density at radius 3 is 2.77 bits per heavy atom. The summed E-state index contributed by atoms with van der Waals surface area (Å²) < 4.78 is 12.6. The zero-order chi connectivity index (χ0) is 9.84. The molecule has 0 saturated heterocycles. The molecular formula is C11H13FO. The van der Waals surface area contributed by atoms with Crippen LogP contribution in [0.25, 0.3) is 0 Å². The molecule has 0 fully saturated rings. The summed E-state index contributed by atoms with van der Waals surface area (Å²) in [5.74, 6) is 0.0216. The van der Waals surface area contributed by atoms with Gasteiger partial charge in [-0.1, -0.05) is 18.2 Å². The summed E-state index contributed by atoms with van der Waals surface area (Å²) in [4.78, 5) is 11.0. The van der Waals surface area contributed by atoms with E-state index in [9.17, 15) is 9.18 Å². The molecule has 0 amide bonds. The quantitative estimate of drug-likeness (QED) is 0.654. The number of hydrogen-bond donors (Lipinski definition) is 0. The molecule has 1 nitrogen and oxygen atoms in total. The number of hydrogen-bond acceptors (Lipinski definition) is 1. The Morgan fingerprint density at radius 2 is 2.23 bits per heavy atom. The van der Waals surface area contributed by atoms with Crippen molar-refractivity contribution in [3.63, 3.8) is 0 Å². The van der Waals surface area contributed by atoms with Crippen LogP contribution >= 0.6 is 0 Å². The van der Waals surface area contributed by atoms with Gasteiger partial charge in [-0.2, -0.15) is 0 Å². The molecule has 0 aromatic heterocycles. The molecule has 0 heterocycles. The third-order valence-corrected chi connectivity index (χ3v) is 1.85. The molecule has 0 bridgehead atoms. The summed E-state index contributed by atoms with van der Waals surface area (Å²) in [5.41, 5.74) is 1.53. The smallest absolute Gasteiger partial charge is 0.159 e. The number of Topliss-reactive ketones (excluding diaryl/α,β-unsaturated/α-hetero) is 1. The highest BCUT2D eigenvalue weighted by Crippen LogP contribution is 2.09. The van der Waals surface area contributed by atoms with Crippen molar-refractivity contribution in [3.05, 3.63) is 35.4 Å². The first-order valence-corrected chi connectivity index (χ1v) is 4.33. The van der Waals surface area contributed by atoms with Crippen LogP contribution in [0.15, 0.2) is 24.3 Å². The Bertz CT molecular complexity index is 305. The van der Waals surface area contributed by atoms with Crippen LogP contribution in [0.1, 0.15) is 29.8 Å². The lowest BCUT2D eigenvalue weighted by Crippen LogP contribution is -2.00. The Labute approximate surface area is 77.6 Å². The first-order chi connectivity index (χ1) is 6.09. The van der Waals surface area contributed by atoms with Gasteiger partial charge >= 0.3 is 0 Å². The highest BCUT2D eigenvalue weighted by atomic mass is 19.1. The first kappa shape index (κ1) is 9.90. The normalized spacial score (nSPS) is 12.5. The van der Waals surface area contributed by atoms with E-state index in [1.165, 1.54) is 13.8 Å². The molecule has 1 atom stereocenters. The fourth-order valence-corrected chi connectivity index (χ4v) is 1.24. The van der Waals surface area contributed by atoms with Crippen LogP contribution in [0.2, 0.25) is 0 Å². The van der Waals surface area contributed by atoms with Crippen LogP contribution in [0.3, 0.4) is 0 Å². The van der Waals surface area contributed by atoms with Crippen molar-refractivity contribution in [2.75, 3.05) is 0 Å². The lowest BCUT2D eigenvalue weighted by molar-refractivity contribution is 0.101. The summed E-state index contributed by atoms with van der Waals surface area (Å²) in [6, 6.07) is 7.12. The van der Waals surface area contributed by atoms with E-state index < -0.39 is 6.17 Å². The van der Waals surface area contributed by atoms with E-state index in [2.05, 4.69) is 0 Å². The van der Waals surface area contributed by atoms with E-state index in [0.29, 0.717) is 12.0 Å². The molecule has 1 rings (SSSR count). The zero-order valence-corrected chi connectivity index (χ0v) is 7.88. The van der Waals surface area contributed by atoms with Crippen molar-refractivity contribution in [2.24, 2.45) is 0 Å². The first-order valence-electron chi connectivity index (χ1n) is 4.33. The van der Waals surface area contributed by atoms with Crippen molar-refractivity contribution >= 4 is 5.78 Å². The second-order valence-electron chi connectivity index (χ2n) is 3.24. The second-order valence-corrected chi connectivity index (χ2v) is 3.24. The van der Waals surface area contributed by atoms with Gasteiger partial charge in [0, 0.05) is 12.0 Å². The molecule has 1 aromatic rings. The van der Waals surface area contributed by atoms with Gasteiger partial charge in [0.15, 0.2) is 5.78 Å². The maximum Gasteiger partial charge on any atom is 0.159 e. The van der Waals surface area contributed by atoms with Gasteiger partial charge in [0.25, 0.3) is 0 Å². The third kappa shape index (κ3) is 2.98.